The Balaban J connectivity index is 2.12. The van der Waals surface area contributed by atoms with Gasteiger partial charge in [-0.3, -0.25) is 9.36 Å². The van der Waals surface area contributed by atoms with Crippen molar-refractivity contribution in [1.29, 1.82) is 5.26 Å². The average molecular weight is 258 g/mol. The Morgan fingerprint density at radius 2 is 2.00 bits per heavy atom. The van der Waals surface area contributed by atoms with Crippen molar-refractivity contribution in [2.75, 3.05) is 0 Å². The highest BCUT2D eigenvalue weighted by atomic mass is 19.1. The van der Waals surface area contributed by atoms with E-state index in [1.807, 2.05) is 6.07 Å². The van der Waals surface area contributed by atoms with Crippen LogP contribution in [-0.2, 0) is 13.2 Å². The standard InChI is InChI=1S/C14H11FN2O2/c15-12-5-3-11(4-6-12)10-19-13-2-1-8-17(9-7-16)14(13)18/h1-6,8H,9-10H2. The molecule has 0 amide bonds. The van der Waals surface area contributed by atoms with Gasteiger partial charge in [-0.2, -0.15) is 5.26 Å². The summed E-state index contributed by atoms with van der Waals surface area (Å²) in [5.74, 6) is -0.151. The number of nitrogens with zero attached hydrogens (tertiary/aromatic N) is 2. The van der Waals surface area contributed by atoms with Gasteiger partial charge in [-0.25, -0.2) is 4.39 Å². The molecule has 0 bridgehead atoms. The molecular weight excluding hydrogens is 247 g/mol. The number of hydrogen-bond donors (Lipinski definition) is 0. The molecule has 0 radical (unpaired) electrons. The normalized spacial score (nSPS) is 9.89. The fourth-order valence-corrected chi connectivity index (χ4v) is 1.57. The summed E-state index contributed by atoms with van der Waals surface area (Å²) in [5, 5.41) is 8.58. The van der Waals surface area contributed by atoms with Crippen molar-refractivity contribution >= 4 is 0 Å². The minimum absolute atomic E-state index is 0.0212. The molecule has 5 heteroatoms. The molecule has 19 heavy (non-hydrogen) atoms. The van der Waals surface area contributed by atoms with Gasteiger partial charge in [-0.15, -0.1) is 0 Å². The number of pyridine rings is 1. The highest BCUT2D eigenvalue weighted by molar-refractivity contribution is 5.20. The van der Waals surface area contributed by atoms with Gasteiger partial charge in [0.25, 0.3) is 5.56 Å². The Bertz CT molecular complexity index is 656. The van der Waals surface area contributed by atoms with E-state index in [0.717, 1.165) is 5.56 Å². The second kappa shape index (κ2) is 5.83. The number of halogens is 1. The minimum atomic E-state index is -0.355. The SMILES string of the molecule is N#CCn1cccc(OCc2ccc(F)cc2)c1=O. The summed E-state index contributed by atoms with van der Waals surface area (Å²) in [6.45, 7) is 0.151. The average Bonchev–Trinajstić information content (AvgIpc) is 2.42. The third-order valence-electron chi connectivity index (χ3n) is 2.53. The van der Waals surface area contributed by atoms with E-state index in [1.54, 1.807) is 24.3 Å². The van der Waals surface area contributed by atoms with Crippen LogP contribution in [0.3, 0.4) is 0 Å². The van der Waals surface area contributed by atoms with Crippen molar-refractivity contribution in [3.63, 3.8) is 0 Å². The first-order valence-corrected chi connectivity index (χ1v) is 5.64. The van der Waals surface area contributed by atoms with Crippen molar-refractivity contribution in [3.05, 3.63) is 64.3 Å². The zero-order valence-corrected chi connectivity index (χ0v) is 10.0. The molecule has 4 nitrogen and oxygen atoms in total. The lowest BCUT2D eigenvalue weighted by atomic mass is 10.2. The van der Waals surface area contributed by atoms with E-state index in [2.05, 4.69) is 0 Å². The molecule has 0 atom stereocenters. The van der Waals surface area contributed by atoms with Gasteiger partial charge in [0.15, 0.2) is 5.75 Å². The van der Waals surface area contributed by atoms with Crippen LogP contribution in [0.1, 0.15) is 5.56 Å². The lowest BCUT2D eigenvalue weighted by Gasteiger charge is -2.07. The van der Waals surface area contributed by atoms with E-state index >= 15 is 0 Å². The molecule has 0 aliphatic carbocycles. The predicted molar refractivity (Wildman–Crippen MR) is 67.0 cm³/mol. The van der Waals surface area contributed by atoms with Crippen LogP contribution in [0.2, 0.25) is 0 Å². The fourth-order valence-electron chi connectivity index (χ4n) is 1.57. The smallest absolute Gasteiger partial charge is 0.293 e. The van der Waals surface area contributed by atoms with Crippen LogP contribution in [0.15, 0.2) is 47.4 Å². The molecule has 96 valence electrons. The molecule has 1 heterocycles. The number of rotatable bonds is 4. The molecule has 0 fully saturated rings. The lowest BCUT2D eigenvalue weighted by molar-refractivity contribution is 0.299. The molecule has 0 unspecified atom stereocenters. The Kier molecular flexibility index (Phi) is 3.94. The molecule has 2 aromatic rings. The molecule has 0 saturated carbocycles. The van der Waals surface area contributed by atoms with Crippen LogP contribution in [0.5, 0.6) is 5.75 Å². The minimum Gasteiger partial charge on any atom is -0.483 e. The summed E-state index contributed by atoms with van der Waals surface area (Å²) in [6, 6.07) is 10.9. The molecule has 1 aromatic heterocycles. The van der Waals surface area contributed by atoms with Crippen LogP contribution in [-0.4, -0.2) is 4.57 Å². The summed E-state index contributed by atoms with van der Waals surface area (Å²) >= 11 is 0. The van der Waals surface area contributed by atoms with Gasteiger partial charge in [0.05, 0.1) is 6.07 Å². The Labute approximate surface area is 109 Å². The first-order valence-electron chi connectivity index (χ1n) is 5.64. The van der Waals surface area contributed by atoms with Gasteiger partial charge >= 0.3 is 0 Å². The van der Waals surface area contributed by atoms with Crippen molar-refractivity contribution in [1.82, 2.24) is 4.57 Å². The number of ether oxygens (including phenoxy) is 1. The van der Waals surface area contributed by atoms with Gasteiger partial charge in [-0.1, -0.05) is 12.1 Å². The van der Waals surface area contributed by atoms with Crippen LogP contribution < -0.4 is 10.3 Å². The largest absolute Gasteiger partial charge is 0.483 e. The molecule has 0 saturated heterocycles. The zero-order chi connectivity index (χ0) is 13.7. The summed E-state index contributed by atoms with van der Waals surface area (Å²) < 4.78 is 19.4. The van der Waals surface area contributed by atoms with Crippen molar-refractivity contribution in [3.8, 4) is 11.8 Å². The summed E-state index contributed by atoms with van der Waals surface area (Å²) in [5.41, 5.74) is 0.405. The monoisotopic (exact) mass is 258 g/mol. The Morgan fingerprint density at radius 1 is 1.26 bits per heavy atom. The second-order valence-electron chi connectivity index (χ2n) is 3.88. The number of nitriles is 1. The second-order valence-corrected chi connectivity index (χ2v) is 3.88. The third-order valence-corrected chi connectivity index (χ3v) is 2.53. The van der Waals surface area contributed by atoms with E-state index in [1.165, 1.54) is 22.9 Å². The third kappa shape index (κ3) is 3.19. The van der Waals surface area contributed by atoms with Gasteiger partial charge in [-0.05, 0) is 29.8 Å². The van der Waals surface area contributed by atoms with Crippen LogP contribution in [0, 0.1) is 17.1 Å². The lowest BCUT2D eigenvalue weighted by Crippen LogP contribution is -2.20. The molecule has 0 spiro atoms. The van der Waals surface area contributed by atoms with E-state index in [4.69, 9.17) is 10.00 Å². The van der Waals surface area contributed by atoms with Crippen molar-refractivity contribution < 1.29 is 9.13 Å². The zero-order valence-electron chi connectivity index (χ0n) is 10.0. The number of aromatic nitrogens is 1. The molecule has 1 aromatic carbocycles. The van der Waals surface area contributed by atoms with Gasteiger partial charge in [0.2, 0.25) is 0 Å². The molecule has 0 aliphatic rings. The number of hydrogen-bond acceptors (Lipinski definition) is 3. The van der Waals surface area contributed by atoms with Crippen molar-refractivity contribution in [2.45, 2.75) is 13.2 Å². The molecule has 0 aliphatic heterocycles. The number of benzene rings is 1. The first kappa shape index (κ1) is 12.8. The summed E-state index contributed by atoms with van der Waals surface area (Å²) in [4.78, 5) is 11.9. The summed E-state index contributed by atoms with van der Waals surface area (Å²) in [6.07, 6.45) is 1.52. The van der Waals surface area contributed by atoms with Crippen LogP contribution >= 0.6 is 0 Å². The summed E-state index contributed by atoms with van der Waals surface area (Å²) in [7, 11) is 0. The van der Waals surface area contributed by atoms with Crippen molar-refractivity contribution in [2.24, 2.45) is 0 Å². The molecular formula is C14H11FN2O2. The highest BCUT2D eigenvalue weighted by Crippen LogP contribution is 2.08. The quantitative estimate of drug-likeness (QED) is 0.843. The Hall–Kier alpha value is -2.61. The highest BCUT2D eigenvalue weighted by Gasteiger charge is 2.04. The predicted octanol–water partition coefficient (Wildman–Crippen LogP) is 2.09. The van der Waals surface area contributed by atoms with Gasteiger partial charge in [0, 0.05) is 6.20 Å². The van der Waals surface area contributed by atoms with Gasteiger partial charge in [0.1, 0.15) is 19.0 Å². The van der Waals surface area contributed by atoms with Crippen LogP contribution in [0.25, 0.3) is 0 Å². The fraction of sp³-hybridized carbons (Fsp3) is 0.143. The topological polar surface area (TPSA) is 55.0 Å². The molecule has 0 N–H and O–H groups in total. The van der Waals surface area contributed by atoms with E-state index in [0.29, 0.717) is 0 Å². The van der Waals surface area contributed by atoms with E-state index in [9.17, 15) is 9.18 Å². The molecule has 2 rings (SSSR count). The van der Waals surface area contributed by atoms with Gasteiger partial charge < -0.3 is 4.74 Å². The maximum atomic E-state index is 12.7. The van der Waals surface area contributed by atoms with Crippen LogP contribution in [0.4, 0.5) is 4.39 Å². The van der Waals surface area contributed by atoms with E-state index < -0.39 is 0 Å². The van der Waals surface area contributed by atoms with E-state index in [-0.39, 0.29) is 30.3 Å². The maximum absolute atomic E-state index is 12.7. The maximum Gasteiger partial charge on any atom is 0.293 e. The first-order chi connectivity index (χ1) is 9.20. The Morgan fingerprint density at radius 3 is 2.68 bits per heavy atom.